The molecule has 0 unspecified atom stereocenters. The van der Waals surface area contributed by atoms with E-state index in [0.717, 1.165) is 22.6 Å². The van der Waals surface area contributed by atoms with Gasteiger partial charge >= 0.3 is 0 Å². The van der Waals surface area contributed by atoms with Gasteiger partial charge in [0.25, 0.3) is 5.91 Å². The zero-order valence-corrected chi connectivity index (χ0v) is 18.7. The number of nitrogens with zero attached hydrogens (tertiary/aromatic N) is 4. The minimum absolute atomic E-state index is 0.235. The fourth-order valence-electron chi connectivity index (χ4n) is 2.72. The Hall–Kier alpha value is -2.03. The van der Waals surface area contributed by atoms with E-state index in [9.17, 15) is 4.79 Å². The van der Waals surface area contributed by atoms with Crippen LogP contribution in [0.1, 0.15) is 31.1 Å². The van der Waals surface area contributed by atoms with Gasteiger partial charge in [-0.2, -0.15) is 5.10 Å². The van der Waals surface area contributed by atoms with Crippen LogP contribution in [0.4, 0.5) is 5.82 Å². The van der Waals surface area contributed by atoms with Crippen LogP contribution in [-0.2, 0) is 6.54 Å². The topological polar surface area (TPSA) is 84.7 Å². The van der Waals surface area contributed by atoms with Crippen LogP contribution in [0.2, 0.25) is 10.0 Å². The molecule has 154 valence electrons. The largest absolute Gasteiger partial charge is 0.367 e. The molecule has 0 radical (unpaired) electrons. The van der Waals surface area contributed by atoms with Crippen molar-refractivity contribution in [1.29, 1.82) is 0 Å². The van der Waals surface area contributed by atoms with Crippen molar-refractivity contribution in [3.8, 4) is 0 Å². The molecule has 2 N–H and O–H groups in total. The highest BCUT2D eigenvalue weighted by Crippen LogP contribution is 2.25. The van der Waals surface area contributed by atoms with Gasteiger partial charge in [-0.3, -0.25) is 4.79 Å². The fraction of sp³-hybridized carbons (Fsp3) is 0.368. The first-order valence-electron chi connectivity index (χ1n) is 9.25. The minimum atomic E-state index is -0.262. The SMILES string of the molecule is CCSc1nc(NC(C)C)c2cnn(CCNC(=O)c3ccc(Cl)cc3Cl)c2n1. The first kappa shape index (κ1) is 21.7. The van der Waals surface area contributed by atoms with Crippen molar-refractivity contribution in [3.05, 3.63) is 40.0 Å². The number of carbonyl (C=O) groups excluding carboxylic acids is 1. The van der Waals surface area contributed by atoms with Gasteiger partial charge in [-0.15, -0.1) is 0 Å². The molecule has 0 aliphatic rings. The monoisotopic (exact) mass is 452 g/mol. The zero-order chi connectivity index (χ0) is 21.0. The molecule has 0 saturated carbocycles. The van der Waals surface area contributed by atoms with E-state index in [1.807, 2.05) is 0 Å². The summed E-state index contributed by atoms with van der Waals surface area (Å²) in [6.45, 7) is 7.02. The van der Waals surface area contributed by atoms with Crippen LogP contribution < -0.4 is 10.6 Å². The van der Waals surface area contributed by atoms with Crippen LogP contribution in [0.5, 0.6) is 0 Å². The summed E-state index contributed by atoms with van der Waals surface area (Å²) < 4.78 is 1.77. The summed E-state index contributed by atoms with van der Waals surface area (Å²) in [5.41, 5.74) is 1.12. The molecule has 1 aromatic carbocycles. The summed E-state index contributed by atoms with van der Waals surface area (Å²) >= 11 is 13.6. The number of carbonyl (C=O) groups is 1. The highest BCUT2D eigenvalue weighted by atomic mass is 35.5. The standard InChI is InChI=1S/C19H22Cl2N6OS/c1-4-29-19-25-16(24-11(2)3)14-10-23-27(17(14)26-19)8-7-22-18(28)13-6-5-12(20)9-15(13)21/h5-6,9-11H,4,7-8H2,1-3H3,(H,22,28)(H,24,25,26). The number of aromatic nitrogens is 4. The van der Waals surface area contributed by atoms with Gasteiger partial charge in [0.2, 0.25) is 0 Å². The first-order valence-corrected chi connectivity index (χ1v) is 11.0. The summed E-state index contributed by atoms with van der Waals surface area (Å²) in [7, 11) is 0. The predicted octanol–water partition coefficient (Wildman–Crippen LogP) is 4.50. The average Bonchev–Trinajstić information content (AvgIpc) is 3.05. The van der Waals surface area contributed by atoms with Crippen molar-refractivity contribution in [2.24, 2.45) is 0 Å². The third kappa shape index (κ3) is 5.32. The van der Waals surface area contributed by atoms with E-state index in [-0.39, 0.29) is 11.9 Å². The van der Waals surface area contributed by atoms with Gasteiger partial charge in [-0.25, -0.2) is 14.6 Å². The number of nitrogens with one attached hydrogen (secondary N) is 2. The van der Waals surface area contributed by atoms with Crippen LogP contribution >= 0.6 is 35.0 Å². The van der Waals surface area contributed by atoms with Gasteiger partial charge in [-0.05, 0) is 37.8 Å². The van der Waals surface area contributed by atoms with Crippen molar-refractivity contribution >= 4 is 57.7 Å². The zero-order valence-electron chi connectivity index (χ0n) is 16.4. The molecule has 1 amide bonds. The molecule has 7 nitrogen and oxygen atoms in total. The Morgan fingerprint density at radius 2 is 2.07 bits per heavy atom. The summed E-state index contributed by atoms with van der Waals surface area (Å²) in [6, 6.07) is 5.02. The second kappa shape index (κ2) is 9.65. The van der Waals surface area contributed by atoms with Crippen LogP contribution in [0.15, 0.2) is 29.6 Å². The molecule has 0 aliphatic heterocycles. The van der Waals surface area contributed by atoms with Crippen LogP contribution in [-0.4, -0.2) is 44.0 Å². The van der Waals surface area contributed by atoms with E-state index in [1.54, 1.807) is 40.8 Å². The molecule has 0 atom stereocenters. The summed E-state index contributed by atoms with van der Waals surface area (Å²) in [5.74, 6) is 1.38. The molecule has 29 heavy (non-hydrogen) atoms. The number of benzene rings is 1. The fourth-order valence-corrected chi connectivity index (χ4v) is 3.78. The Labute approximate surface area is 183 Å². The maximum Gasteiger partial charge on any atom is 0.252 e. The van der Waals surface area contributed by atoms with Crippen molar-refractivity contribution in [3.63, 3.8) is 0 Å². The van der Waals surface area contributed by atoms with E-state index < -0.39 is 0 Å². The maximum absolute atomic E-state index is 12.4. The molecule has 10 heteroatoms. The van der Waals surface area contributed by atoms with Gasteiger partial charge in [0.15, 0.2) is 10.8 Å². The number of amides is 1. The Morgan fingerprint density at radius 3 is 2.76 bits per heavy atom. The van der Waals surface area contributed by atoms with E-state index in [2.05, 4.69) is 46.5 Å². The van der Waals surface area contributed by atoms with Crippen LogP contribution in [0.25, 0.3) is 11.0 Å². The molecule has 2 aromatic heterocycles. The first-order chi connectivity index (χ1) is 13.9. The molecule has 2 heterocycles. The smallest absolute Gasteiger partial charge is 0.252 e. The lowest BCUT2D eigenvalue weighted by atomic mass is 10.2. The lowest BCUT2D eigenvalue weighted by Crippen LogP contribution is -2.27. The Kier molecular flexibility index (Phi) is 7.21. The second-order valence-corrected chi connectivity index (χ2v) is 8.65. The van der Waals surface area contributed by atoms with Crippen molar-refractivity contribution in [2.75, 3.05) is 17.6 Å². The minimum Gasteiger partial charge on any atom is -0.367 e. The van der Waals surface area contributed by atoms with Gasteiger partial charge in [0, 0.05) is 17.6 Å². The Balaban J connectivity index is 1.76. The number of thioether (sulfide) groups is 1. The maximum atomic E-state index is 12.4. The van der Waals surface area contributed by atoms with E-state index in [4.69, 9.17) is 23.2 Å². The average molecular weight is 453 g/mol. The molecule has 0 fully saturated rings. The molecule has 0 aliphatic carbocycles. The third-order valence-electron chi connectivity index (χ3n) is 3.96. The van der Waals surface area contributed by atoms with E-state index >= 15 is 0 Å². The number of rotatable bonds is 8. The van der Waals surface area contributed by atoms with Gasteiger partial charge in [0.1, 0.15) is 5.82 Å². The molecule has 0 spiro atoms. The molecular weight excluding hydrogens is 431 g/mol. The molecule has 3 aromatic rings. The highest BCUT2D eigenvalue weighted by molar-refractivity contribution is 7.99. The molecule has 3 rings (SSSR count). The number of hydrogen-bond acceptors (Lipinski definition) is 6. The molecular formula is C19H22Cl2N6OS. The predicted molar refractivity (Wildman–Crippen MR) is 119 cm³/mol. The highest BCUT2D eigenvalue weighted by Gasteiger charge is 2.15. The van der Waals surface area contributed by atoms with Crippen LogP contribution in [0.3, 0.4) is 0 Å². The number of fused-ring (bicyclic) bond motifs is 1. The third-order valence-corrected chi connectivity index (χ3v) is 5.24. The van der Waals surface area contributed by atoms with E-state index in [0.29, 0.717) is 33.9 Å². The Bertz CT molecular complexity index is 1020. The summed E-state index contributed by atoms with van der Waals surface area (Å²) in [6.07, 6.45) is 1.75. The summed E-state index contributed by atoms with van der Waals surface area (Å²) in [5, 5.41) is 13.0. The number of halogens is 2. The quantitative estimate of drug-likeness (QED) is 0.386. The number of anilines is 1. The molecule has 0 bridgehead atoms. The lowest BCUT2D eigenvalue weighted by Gasteiger charge is -2.12. The van der Waals surface area contributed by atoms with Crippen LogP contribution in [0, 0.1) is 0 Å². The van der Waals surface area contributed by atoms with Gasteiger partial charge in [0.05, 0.1) is 28.7 Å². The lowest BCUT2D eigenvalue weighted by molar-refractivity contribution is 0.0952. The Morgan fingerprint density at radius 1 is 1.28 bits per heavy atom. The van der Waals surface area contributed by atoms with Crippen molar-refractivity contribution in [1.82, 2.24) is 25.1 Å². The number of hydrogen-bond donors (Lipinski definition) is 2. The summed E-state index contributed by atoms with van der Waals surface area (Å²) in [4.78, 5) is 21.6. The molecule has 0 saturated heterocycles. The van der Waals surface area contributed by atoms with Crippen molar-refractivity contribution in [2.45, 2.75) is 38.5 Å². The second-order valence-electron chi connectivity index (χ2n) is 6.57. The van der Waals surface area contributed by atoms with Gasteiger partial charge < -0.3 is 10.6 Å². The van der Waals surface area contributed by atoms with E-state index in [1.165, 1.54) is 0 Å². The normalized spacial score (nSPS) is 11.2. The van der Waals surface area contributed by atoms with Crippen molar-refractivity contribution < 1.29 is 4.79 Å². The van der Waals surface area contributed by atoms with Gasteiger partial charge in [-0.1, -0.05) is 41.9 Å².